The quantitative estimate of drug-likeness (QED) is 0.737. The minimum atomic E-state index is -0.927. The topological polar surface area (TPSA) is 12.5 Å². The van der Waals surface area contributed by atoms with Gasteiger partial charge in [-0.05, 0) is 34.8 Å². The number of rotatable bonds is 6. The van der Waals surface area contributed by atoms with Gasteiger partial charge in [-0.3, -0.25) is 4.90 Å². The van der Waals surface area contributed by atoms with E-state index in [1.807, 2.05) is 60.7 Å². The van der Waals surface area contributed by atoms with Crippen molar-refractivity contribution in [3.63, 3.8) is 0 Å². The maximum Gasteiger partial charge on any atom is 0.138 e. The van der Waals surface area contributed by atoms with Crippen LogP contribution in [0.1, 0.15) is 25.0 Å². The van der Waals surface area contributed by atoms with E-state index in [-0.39, 0.29) is 0 Å². The average molecular weight is 339 g/mol. The number of hydrogen-bond donors (Lipinski definition) is 0. The van der Waals surface area contributed by atoms with Gasteiger partial charge in [-0.2, -0.15) is 0 Å². The molecule has 0 bridgehead atoms. The molecule has 0 aliphatic carbocycles. The molecule has 0 aromatic heterocycles. The van der Waals surface area contributed by atoms with E-state index in [0.717, 1.165) is 35.5 Å². The molecule has 3 rings (SSSR count). The van der Waals surface area contributed by atoms with Gasteiger partial charge in [0, 0.05) is 19.6 Å². The van der Waals surface area contributed by atoms with E-state index in [9.17, 15) is 4.39 Å². The molecule has 1 heterocycles. The lowest BCUT2D eigenvalue weighted by Gasteiger charge is -2.30. The van der Waals surface area contributed by atoms with Crippen LogP contribution < -0.4 is 4.74 Å². The number of hydrogen-bond acceptors (Lipinski definition) is 2. The zero-order valence-corrected chi connectivity index (χ0v) is 15.0. The second-order valence-corrected chi connectivity index (χ2v) is 7.04. The molecular weight excluding hydrogens is 313 g/mol. The average Bonchev–Trinajstić information content (AvgIpc) is 2.61. The van der Waals surface area contributed by atoms with Gasteiger partial charge in [-0.1, -0.05) is 62.4 Å². The van der Waals surface area contributed by atoms with E-state index in [1.54, 1.807) is 0 Å². The molecule has 0 saturated heterocycles. The van der Waals surface area contributed by atoms with Crippen molar-refractivity contribution in [1.82, 2.24) is 4.90 Å². The van der Waals surface area contributed by atoms with E-state index < -0.39 is 6.17 Å². The first-order chi connectivity index (χ1) is 12.1. The molecule has 0 fully saturated rings. The van der Waals surface area contributed by atoms with E-state index >= 15 is 0 Å². The third kappa shape index (κ3) is 4.93. The van der Waals surface area contributed by atoms with Crippen LogP contribution in [0, 0.1) is 5.92 Å². The molecule has 1 aliphatic rings. The van der Waals surface area contributed by atoms with E-state index in [1.165, 1.54) is 0 Å². The second-order valence-electron chi connectivity index (χ2n) is 7.04. The first-order valence-corrected chi connectivity index (χ1v) is 8.95. The van der Waals surface area contributed by atoms with Gasteiger partial charge >= 0.3 is 0 Å². The summed E-state index contributed by atoms with van der Waals surface area (Å²) >= 11 is 0. The molecule has 1 atom stereocenters. The van der Waals surface area contributed by atoms with Crippen molar-refractivity contribution in [2.24, 2.45) is 5.92 Å². The summed E-state index contributed by atoms with van der Waals surface area (Å²) in [5.74, 6) is 1.36. The Balaban J connectivity index is 1.61. The highest BCUT2D eigenvalue weighted by molar-refractivity contribution is 5.70. The van der Waals surface area contributed by atoms with Gasteiger partial charge in [-0.25, -0.2) is 4.39 Å². The summed E-state index contributed by atoms with van der Waals surface area (Å²) in [6.07, 6.45) is 1.10. The molecular formula is C22H26FNO. The van der Waals surface area contributed by atoms with Crippen molar-refractivity contribution in [1.29, 1.82) is 0 Å². The van der Waals surface area contributed by atoms with Crippen molar-refractivity contribution in [3.05, 3.63) is 71.8 Å². The normalized spacial score (nSPS) is 18.2. The predicted octanol–water partition coefficient (Wildman–Crippen LogP) is 4.96. The van der Waals surface area contributed by atoms with E-state index in [0.29, 0.717) is 19.1 Å². The number of nitrogens with zero attached hydrogens (tertiary/aromatic N) is 1. The Bertz CT molecular complexity index is 694. The van der Waals surface area contributed by atoms with Crippen LogP contribution in [0.2, 0.25) is 0 Å². The van der Waals surface area contributed by atoms with Crippen LogP contribution >= 0.6 is 0 Å². The molecule has 2 aromatic carbocycles. The van der Waals surface area contributed by atoms with Gasteiger partial charge in [0.25, 0.3) is 0 Å². The number of alkyl halides is 1. The Hall–Kier alpha value is -2.13. The molecule has 0 saturated carbocycles. The third-order valence-electron chi connectivity index (χ3n) is 4.38. The van der Waals surface area contributed by atoms with Crippen molar-refractivity contribution >= 4 is 5.57 Å². The van der Waals surface area contributed by atoms with Crippen molar-refractivity contribution < 1.29 is 9.13 Å². The Morgan fingerprint density at radius 3 is 2.44 bits per heavy atom. The molecule has 0 amide bonds. The van der Waals surface area contributed by atoms with Gasteiger partial charge in [0.05, 0.1) is 0 Å². The molecule has 25 heavy (non-hydrogen) atoms. The molecule has 132 valence electrons. The fourth-order valence-corrected chi connectivity index (χ4v) is 3.20. The van der Waals surface area contributed by atoms with Crippen LogP contribution in [-0.4, -0.2) is 30.7 Å². The summed E-state index contributed by atoms with van der Waals surface area (Å²) in [7, 11) is 0. The second kappa shape index (κ2) is 8.30. The third-order valence-corrected chi connectivity index (χ3v) is 4.38. The minimum Gasteiger partial charge on any atom is -0.489 e. The Kier molecular flexibility index (Phi) is 5.87. The maximum atomic E-state index is 14.6. The fourth-order valence-electron chi connectivity index (χ4n) is 3.20. The summed E-state index contributed by atoms with van der Waals surface area (Å²) in [6, 6.07) is 17.8. The van der Waals surface area contributed by atoms with E-state index in [4.69, 9.17) is 4.74 Å². The number of benzene rings is 2. The lowest BCUT2D eigenvalue weighted by molar-refractivity contribution is 0.208. The highest BCUT2D eigenvalue weighted by atomic mass is 19.1. The van der Waals surface area contributed by atoms with Crippen molar-refractivity contribution in [3.8, 4) is 5.75 Å². The molecule has 3 heteroatoms. The maximum absolute atomic E-state index is 14.6. The minimum absolute atomic E-state index is 0.482. The highest BCUT2D eigenvalue weighted by Gasteiger charge is 2.23. The largest absolute Gasteiger partial charge is 0.489 e. The molecule has 0 spiro atoms. The smallest absolute Gasteiger partial charge is 0.138 e. The Morgan fingerprint density at radius 2 is 1.80 bits per heavy atom. The summed E-state index contributed by atoms with van der Waals surface area (Å²) in [4.78, 5) is 2.18. The van der Waals surface area contributed by atoms with Gasteiger partial charge in [0.2, 0.25) is 0 Å². The molecule has 0 radical (unpaired) electrons. The Labute approximate surface area is 149 Å². The van der Waals surface area contributed by atoms with Crippen LogP contribution in [0.25, 0.3) is 5.57 Å². The van der Waals surface area contributed by atoms with E-state index in [2.05, 4.69) is 18.7 Å². The summed E-state index contributed by atoms with van der Waals surface area (Å²) in [5.41, 5.74) is 2.88. The van der Waals surface area contributed by atoms with Gasteiger partial charge in [0.15, 0.2) is 0 Å². The van der Waals surface area contributed by atoms with Crippen LogP contribution in [0.5, 0.6) is 5.75 Å². The number of ether oxygens (including phenoxy) is 1. The SMILES string of the molecule is CC(C)CN1CC=C(c2ccc(OCc3ccccc3)cc2)C(F)C1. The van der Waals surface area contributed by atoms with Crippen LogP contribution in [0.15, 0.2) is 60.7 Å². The first-order valence-electron chi connectivity index (χ1n) is 8.95. The summed E-state index contributed by atoms with van der Waals surface area (Å²) in [6.45, 7) is 7.12. The predicted molar refractivity (Wildman–Crippen MR) is 101 cm³/mol. The zero-order chi connectivity index (χ0) is 17.6. The Morgan fingerprint density at radius 1 is 1.08 bits per heavy atom. The van der Waals surface area contributed by atoms with Gasteiger partial charge < -0.3 is 4.74 Å². The van der Waals surface area contributed by atoms with Gasteiger partial charge in [0.1, 0.15) is 18.5 Å². The molecule has 1 aliphatic heterocycles. The van der Waals surface area contributed by atoms with Crippen molar-refractivity contribution in [2.75, 3.05) is 19.6 Å². The standard InChI is InChI=1S/C22H26FNO/c1-17(2)14-24-13-12-21(22(23)15-24)19-8-10-20(11-9-19)25-16-18-6-4-3-5-7-18/h3-12,17,22H,13-16H2,1-2H3. The molecule has 1 unspecified atom stereocenters. The number of halogens is 1. The van der Waals surface area contributed by atoms with Crippen LogP contribution in [0.3, 0.4) is 0 Å². The summed E-state index contributed by atoms with van der Waals surface area (Å²) in [5, 5.41) is 0. The lowest BCUT2D eigenvalue weighted by atomic mass is 9.97. The molecule has 0 N–H and O–H groups in total. The van der Waals surface area contributed by atoms with Gasteiger partial charge in [-0.15, -0.1) is 0 Å². The fraction of sp³-hybridized carbons (Fsp3) is 0.364. The first kappa shape index (κ1) is 17.7. The molecule has 2 aromatic rings. The lowest BCUT2D eigenvalue weighted by Crippen LogP contribution is -2.37. The zero-order valence-electron chi connectivity index (χ0n) is 15.0. The van der Waals surface area contributed by atoms with Crippen molar-refractivity contribution in [2.45, 2.75) is 26.6 Å². The molecule has 2 nitrogen and oxygen atoms in total. The highest BCUT2D eigenvalue weighted by Crippen LogP contribution is 2.27. The monoisotopic (exact) mass is 339 g/mol. The summed E-state index contributed by atoms with van der Waals surface area (Å²) < 4.78 is 20.4. The van der Waals surface area contributed by atoms with Crippen LogP contribution in [-0.2, 0) is 6.61 Å². The van der Waals surface area contributed by atoms with Crippen LogP contribution in [0.4, 0.5) is 4.39 Å².